The van der Waals surface area contributed by atoms with E-state index in [1.165, 1.54) is 37.7 Å². The Hall–Kier alpha value is -1.42. The molecule has 0 aromatic carbocycles. The van der Waals surface area contributed by atoms with Crippen molar-refractivity contribution in [3.63, 3.8) is 0 Å². The van der Waals surface area contributed by atoms with E-state index in [1.807, 2.05) is 6.07 Å². The van der Waals surface area contributed by atoms with Crippen molar-refractivity contribution in [2.24, 2.45) is 0 Å². The molecule has 1 unspecified atom stereocenters. The summed E-state index contributed by atoms with van der Waals surface area (Å²) in [6, 6.07) is 2.13. The molecule has 0 saturated heterocycles. The van der Waals surface area contributed by atoms with Crippen molar-refractivity contribution >= 4 is 0 Å². The van der Waals surface area contributed by atoms with Crippen LogP contribution in [0, 0.1) is 0 Å². The lowest BCUT2D eigenvalue weighted by atomic mass is 9.93. The number of ether oxygens (including phenoxy) is 1. The maximum atomic E-state index is 5.22. The molecular weight excluding hydrogens is 250 g/mol. The van der Waals surface area contributed by atoms with Crippen LogP contribution in [0.3, 0.4) is 0 Å². The van der Waals surface area contributed by atoms with Crippen LogP contribution in [0.2, 0.25) is 0 Å². The topological polar surface area (TPSA) is 47.0 Å². The molecule has 0 radical (unpaired) electrons. The van der Waals surface area contributed by atoms with Crippen LogP contribution in [0.1, 0.15) is 57.2 Å². The van der Waals surface area contributed by atoms with Gasteiger partial charge in [0.2, 0.25) is 5.88 Å². The average Bonchev–Trinajstić information content (AvgIpc) is 2.45. The minimum absolute atomic E-state index is 0.190. The molecule has 4 nitrogen and oxygen atoms in total. The summed E-state index contributed by atoms with van der Waals surface area (Å²) in [4.78, 5) is 8.54. The van der Waals surface area contributed by atoms with E-state index < -0.39 is 0 Å². The Bertz CT molecular complexity index is 445. The van der Waals surface area contributed by atoms with E-state index in [1.54, 1.807) is 13.4 Å². The summed E-state index contributed by atoms with van der Waals surface area (Å²) >= 11 is 0. The van der Waals surface area contributed by atoms with Gasteiger partial charge in [-0.2, -0.15) is 0 Å². The van der Waals surface area contributed by atoms with Gasteiger partial charge in [-0.15, -0.1) is 0 Å². The summed E-state index contributed by atoms with van der Waals surface area (Å²) in [5.41, 5.74) is 2.47. The fourth-order valence-corrected chi connectivity index (χ4v) is 2.73. The summed E-state index contributed by atoms with van der Waals surface area (Å²) in [5, 5.41) is 3.55. The molecule has 0 bridgehead atoms. The van der Waals surface area contributed by atoms with Gasteiger partial charge < -0.3 is 10.1 Å². The molecule has 1 aromatic rings. The highest BCUT2D eigenvalue weighted by Crippen LogP contribution is 2.28. The van der Waals surface area contributed by atoms with Gasteiger partial charge in [0.05, 0.1) is 18.8 Å². The van der Waals surface area contributed by atoms with Gasteiger partial charge in [0.15, 0.2) is 0 Å². The summed E-state index contributed by atoms with van der Waals surface area (Å²) < 4.78 is 5.22. The highest BCUT2D eigenvalue weighted by atomic mass is 16.5. The molecule has 1 aliphatic carbocycles. The van der Waals surface area contributed by atoms with E-state index >= 15 is 0 Å². The number of aromatic nitrogens is 2. The maximum Gasteiger partial charge on any atom is 0.216 e. The van der Waals surface area contributed by atoms with Crippen LogP contribution in [0.25, 0.3) is 0 Å². The zero-order valence-electron chi connectivity index (χ0n) is 12.6. The molecule has 20 heavy (non-hydrogen) atoms. The predicted molar refractivity (Wildman–Crippen MR) is 80.8 cm³/mol. The number of nitrogens with zero attached hydrogens (tertiary/aromatic N) is 2. The first-order valence-electron chi connectivity index (χ1n) is 7.63. The van der Waals surface area contributed by atoms with Gasteiger partial charge in [-0.1, -0.05) is 31.4 Å². The standard InChI is InChI=1S/C16H25N3O/c1-3-17-16(13-9-7-5-4-6-8-10-13)14-11-15(20-2)19-12-18-14/h9,11-12,16-17H,3-8,10H2,1-2H3/b13-9+. The highest BCUT2D eigenvalue weighted by molar-refractivity contribution is 5.26. The molecule has 0 fully saturated rings. The van der Waals surface area contributed by atoms with Crippen LogP contribution in [-0.4, -0.2) is 23.6 Å². The lowest BCUT2D eigenvalue weighted by Gasteiger charge is -2.22. The smallest absolute Gasteiger partial charge is 0.216 e. The van der Waals surface area contributed by atoms with E-state index in [9.17, 15) is 0 Å². The molecule has 1 N–H and O–H groups in total. The van der Waals surface area contributed by atoms with E-state index in [0.717, 1.165) is 18.7 Å². The van der Waals surface area contributed by atoms with Crippen LogP contribution in [-0.2, 0) is 0 Å². The van der Waals surface area contributed by atoms with Gasteiger partial charge in [-0.25, -0.2) is 9.97 Å². The first kappa shape index (κ1) is 15.0. The Kier molecular flexibility index (Phi) is 5.99. The Labute approximate surface area is 121 Å². The molecule has 2 rings (SSSR count). The Balaban J connectivity index is 2.23. The molecule has 4 heteroatoms. The molecule has 0 aliphatic heterocycles. The number of hydrogen-bond acceptors (Lipinski definition) is 4. The van der Waals surface area contributed by atoms with Crippen molar-refractivity contribution in [1.29, 1.82) is 0 Å². The second-order valence-electron chi connectivity index (χ2n) is 5.21. The van der Waals surface area contributed by atoms with Gasteiger partial charge in [-0.05, 0) is 32.2 Å². The van der Waals surface area contributed by atoms with Gasteiger partial charge in [0.1, 0.15) is 6.33 Å². The molecule has 110 valence electrons. The van der Waals surface area contributed by atoms with Crippen molar-refractivity contribution < 1.29 is 4.74 Å². The highest BCUT2D eigenvalue weighted by Gasteiger charge is 2.18. The third kappa shape index (κ3) is 4.04. The number of nitrogens with one attached hydrogen (secondary N) is 1. The van der Waals surface area contributed by atoms with E-state index in [-0.39, 0.29) is 6.04 Å². The number of rotatable bonds is 5. The van der Waals surface area contributed by atoms with Crippen LogP contribution < -0.4 is 10.1 Å². The molecule has 0 spiro atoms. The van der Waals surface area contributed by atoms with Gasteiger partial charge >= 0.3 is 0 Å². The van der Waals surface area contributed by atoms with Crippen molar-refractivity contribution in [1.82, 2.24) is 15.3 Å². The SMILES string of the molecule is CCNC(/C1=C/CCCCCC1)c1cc(OC)ncn1. The molecule has 1 aromatic heterocycles. The molecule has 0 amide bonds. The summed E-state index contributed by atoms with van der Waals surface area (Å²) in [5.74, 6) is 0.629. The molecule has 1 heterocycles. The monoisotopic (exact) mass is 275 g/mol. The third-order valence-corrected chi connectivity index (χ3v) is 3.77. The Morgan fingerprint density at radius 1 is 1.25 bits per heavy atom. The minimum Gasteiger partial charge on any atom is -0.481 e. The predicted octanol–water partition coefficient (Wildman–Crippen LogP) is 3.42. The van der Waals surface area contributed by atoms with Gasteiger partial charge in [0.25, 0.3) is 0 Å². The number of allylic oxidation sites excluding steroid dienone is 1. The second-order valence-corrected chi connectivity index (χ2v) is 5.21. The minimum atomic E-state index is 0.190. The first-order chi connectivity index (χ1) is 9.85. The molecule has 0 saturated carbocycles. The van der Waals surface area contributed by atoms with Crippen molar-refractivity contribution in [3.8, 4) is 5.88 Å². The normalized spacial score (nSPS) is 20.4. The lowest BCUT2D eigenvalue weighted by Crippen LogP contribution is -2.24. The zero-order chi connectivity index (χ0) is 14.2. The molecule has 1 aliphatic rings. The van der Waals surface area contributed by atoms with Crippen LogP contribution in [0.15, 0.2) is 24.0 Å². The fourth-order valence-electron chi connectivity index (χ4n) is 2.73. The fraction of sp³-hybridized carbons (Fsp3) is 0.625. The Morgan fingerprint density at radius 3 is 2.90 bits per heavy atom. The van der Waals surface area contributed by atoms with E-state index in [4.69, 9.17) is 4.74 Å². The van der Waals surface area contributed by atoms with Crippen molar-refractivity contribution in [3.05, 3.63) is 29.7 Å². The van der Waals surface area contributed by atoms with Crippen molar-refractivity contribution in [2.45, 2.75) is 51.5 Å². The average molecular weight is 275 g/mol. The zero-order valence-corrected chi connectivity index (χ0v) is 12.6. The van der Waals surface area contributed by atoms with Crippen molar-refractivity contribution in [2.75, 3.05) is 13.7 Å². The van der Waals surface area contributed by atoms with Crippen LogP contribution in [0.4, 0.5) is 0 Å². The summed E-state index contributed by atoms with van der Waals surface area (Å²) in [6.45, 7) is 3.06. The molecule has 1 atom stereocenters. The van der Waals surface area contributed by atoms with Crippen LogP contribution >= 0.6 is 0 Å². The maximum absolute atomic E-state index is 5.22. The third-order valence-electron chi connectivity index (χ3n) is 3.77. The van der Waals surface area contributed by atoms with E-state index in [2.05, 4.69) is 28.3 Å². The Morgan fingerprint density at radius 2 is 2.10 bits per heavy atom. The number of hydrogen-bond donors (Lipinski definition) is 1. The summed E-state index contributed by atoms with van der Waals surface area (Å²) in [7, 11) is 1.64. The molecular formula is C16H25N3O. The first-order valence-corrected chi connectivity index (χ1v) is 7.63. The van der Waals surface area contributed by atoms with Gasteiger partial charge in [0, 0.05) is 6.07 Å². The van der Waals surface area contributed by atoms with E-state index in [0.29, 0.717) is 5.88 Å². The van der Waals surface area contributed by atoms with Gasteiger partial charge in [-0.3, -0.25) is 0 Å². The largest absolute Gasteiger partial charge is 0.481 e. The van der Waals surface area contributed by atoms with Crippen LogP contribution in [0.5, 0.6) is 5.88 Å². The quantitative estimate of drug-likeness (QED) is 0.836. The lowest BCUT2D eigenvalue weighted by molar-refractivity contribution is 0.394. The number of likely N-dealkylation sites (N-methyl/N-ethyl adjacent to an activating group) is 1. The second kappa shape index (κ2) is 8.00. The number of methoxy groups -OCH3 is 1. The summed E-state index contributed by atoms with van der Waals surface area (Å²) in [6.07, 6.45) is 11.6.